The van der Waals surface area contributed by atoms with Crippen LogP contribution in [0.1, 0.15) is 22.8 Å². The third kappa shape index (κ3) is 3.95. The molecule has 0 atom stereocenters. The molecule has 10 heteroatoms. The van der Waals surface area contributed by atoms with Crippen LogP contribution in [-0.2, 0) is 6.54 Å². The van der Waals surface area contributed by atoms with E-state index in [1.165, 1.54) is 47.3 Å². The maximum absolute atomic E-state index is 14.4. The number of nitrogens with one attached hydrogen (secondary N) is 1. The van der Waals surface area contributed by atoms with E-state index in [4.69, 9.17) is 5.11 Å². The standard InChI is InChI=1S/C19H15FN4O5/c1-2-23-10-14(19(26)27)18(25)13-7-15(20)16(8-17(13)23)22-21-9-11-3-5-12(6-4-11)24(28)29/h3-10,22H,2H2,1H3,(H,26,27). The maximum Gasteiger partial charge on any atom is 0.341 e. The normalized spacial score (nSPS) is 11.1. The summed E-state index contributed by atoms with van der Waals surface area (Å²) in [5, 5.41) is 23.7. The Morgan fingerprint density at radius 2 is 2.03 bits per heavy atom. The highest BCUT2D eigenvalue weighted by Gasteiger charge is 2.16. The molecule has 0 amide bonds. The van der Waals surface area contributed by atoms with E-state index >= 15 is 0 Å². The number of carbonyl (C=O) groups is 1. The van der Waals surface area contributed by atoms with Gasteiger partial charge in [0.2, 0.25) is 5.43 Å². The molecule has 0 saturated heterocycles. The molecular weight excluding hydrogens is 383 g/mol. The van der Waals surface area contributed by atoms with Crippen molar-refractivity contribution in [1.29, 1.82) is 0 Å². The molecule has 9 nitrogen and oxygen atoms in total. The number of hydrazone groups is 1. The SMILES string of the molecule is CCn1cc(C(=O)O)c(=O)c2cc(F)c(NN=Cc3ccc([N+](=O)[O-])cc3)cc21. The van der Waals surface area contributed by atoms with Crippen molar-refractivity contribution in [3.05, 3.63) is 79.9 Å². The van der Waals surface area contributed by atoms with Crippen molar-refractivity contribution in [1.82, 2.24) is 4.57 Å². The minimum Gasteiger partial charge on any atom is -0.477 e. The number of benzene rings is 2. The number of pyridine rings is 1. The van der Waals surface area contributed by atoms with E-state index < -0.39 is 27.7 Å². The molecule has 2 N–H and O–H groups in total. The van der Waals surface area contributed by atoms with Gasteiger partial charge < -0.3 is 9.67 Å². The fraction of sp³-hybridized carbons (Fsp3) is 0.105. The molecule has 0 saturated carbocycles. The molecule has 0 unspecified atom stereocenters. The largest absolute Gasteiger partial charge is 0.477 e. The first-order valence-electron chi connectivity index (χ1n) is 8.45. The fourth-order valence-electron chi connectivity index (χ4n) is 2.77. The zero-order valence-corrected chi connectivity index (χ0v) is 15.1. The van der Waals surface area contributed by atoms with Crippen LogP contribution in [-0.4, -0.2) is 26.8 Å². The van der Waals surface area contributed by atoms with Crippen molar-refractivity contribution in [2.75, 3.05) is 5.43 Å². The lowest BCUT2D eigenvalue weighted by molar-refractivity contribution is -0.384. The van der Waals surface area contributed by atoms with Crippen LogP contribution in [0.5, 0.6) is 0 Å². The van der Waals surface area contributed by atoms with E-state index in [-0.39, 0.29) is 16.8 Å². The maximum atomic E-state index is 14.4. The van der Waals surface area contributed by atoms with E-state index in [2.05, 4.69) is 10.5 Å². The van der Waals surface area contributed by atoms with Gasteiger partial charge in [0.1, 0.15) is 11.4 Å². The molecule has 3 aromatic rings. The van der Waals surface area contributed by atoms with E-state index in [0.717, 1.165) is 6.07 Å². The molecular formula is C19H15FN4O5. The topological polar surface area (TPSA) is 127 Å². The minimum absolute atomic E-state index is 0.0136. The van der Waals surface area contributed by atoms with Crippen LogP contribution in [0.25, 0.3) is 10.9 Å². The molecule has 0 bridgehead atoms. The number of carboxylic acids is 1. The number of anilines is 1. The number of nitrogens with zero attached hydrogens (tertiary/aromatic N) is 3. The van der Waals surface area contributed by atoms with Crippen molar-refractivity contribution in [2.24, 2.45) is 5.10 Å². The Morgan fingerprint density at radius 3 is 2.62 bits per heavy atom. The summed E-state index contributed by atoms with van der Waals surface area (Å²) in [5.41, 5.74) is 2.17. The van der Waals surface area contributed by atoms with E-state index in [9.17, 15) is 24.1 Å². The third-order valence-electron chi connectivity index (χ3n) is 4.24. The van der Waals surface area contributed by atoms with Gasteiger partial charge in [0.15, 0.2) is 0 Å². The summed E-state index contributed by atoms with van der Waals surface area (Å²) in [5.74, 6) is -2.16. The van der Waals surface area contributed by atoms with Crippen LogP contribution in [0.2, 0.25) is 0 Å². The van der Waals surface area contributed by atoms with Crippen molar-refractivity contribution < 1.29 is 19.2 Å². The average molecular weight is 398 g/mol. The number of rotatable bonds is 6. The Balaban J connectivity index is 1.95. The Hall–Kier alpha value is -4.08. The summed E-state index contributed by atoms with van der Waals surface area (Å²) in [4.78, 5) is 33.7. The number of fused-ring (bicyclic) bond motifs is 1. The number of nitro benzene ring substituents is 1. The number of aromatic nitrogens is 1. The van der Waals surface area contributed by atoms with Crippen LogP contribution < -0.4 is 10.9 Å². The molecule has 148 valence electrons. The first kappa shape index (κ1) is 19.7. The van der Waals surface area contributed by atoms with Gasteiger partial charge in [-0.3, -0.25) is 20.3 Å². The number of hydrogen-bond donors (Lipinski definition) is 2. The second kappa shape index (κ2) is 7.89. The Kier molecular flexibility index (Phi) is 5.35. The molecule has 0 spiro atoms. The lowest BCUT2D eigenvalue weighted by Crippen LogP contribution is -2.19. The van der Waals surface area contributed by atoms with Gasteiger partial charge in [0, 0.05) is 30.3 Å². The first-order valence-corrected chi connectivity index (χ1v) is 8.45. The molecule has 29 heavy (non-hydrogen) atoms. The molecule has 1 aromatic heterocycles. The highest BCUT2D eigenvalue weighted by atomic mass is 19.1. The van der Waals surface area contributed by atoms with Crippen LogP contribution in [0.15, 0.2) is 52.5 Å². The predicted octanol–water partition coefficient (Wildman–Crippen LogP) is 3.21. The van der Waals surface area contributed by atoms with Gasteiger partial charge in [-0.15, -0.1) is 0 Å². The molecule has 0 aliphatic carbocycles. The summed E-state index contributed by atoms with van der Waals surface area (Å²) >= 11 is 0. The molecule has 0 radical (unpaired) electrons. The van der Waals surface area contributed by atoms with Crippen LogP contribution in [0, 0.1) is 15.9 Å². The van der Waals surface area contributed by atoms with Crippen LogP contribution >= 0.6 is 0 Å². The molecule has 0 fully saturated rings. The van der Waals surface area contributed by atoms with Crippen molar-refractivity contribution in [3.63, 3.8) is 0 Å². The number of non-ortho nitro benzene ring substituents is 1. The zero-order valence-electron chi connectivity index (χ0n) is 15.1. The van der Waals surface area contributed by atoms with E-state index in [0.29, 0.717) is 17.6 Å². The average Bonchev–Trinajstić information content (AvgIpc) is 2.69. The second-order valence-corrected chi connectivity index (χ2v) is 6.03. The van der Waals surface area contributed by atoms with Crippen molar-refractivity contribution in [3.8, 4) is 0 Å². The van der Waals surface area contributed by atoms with Crippen molar-refractivity contribution in [2.45, 2.75) is 13.5 Å². The quantitative estimate of drug-likeness (QED) is 0.373. The highest BCUT2D eigenvalue weighted by molar-refractivity contribution is 5.93. The van der Waals surface area contributed by atoms with Gasteiger partial charge in [-0.25, -0.2) is 9.18 Å². The van der Waals surface area contributed by atoms with E-state index in [1.54, 1.807) is 6.92 Å². The van der Waals surface area contributed by atoms with Gasteiger partial charge in [-0.1, -0.05) is 0 Å². The van der Waals surface area contributed by atoms with Crippen LogP contribution in [0.4, 0.5) is 15.8 Å². The van der Waals surface area contributed by atoms with Gasteiger partial charge in [-0.2, -0.15) is 5.10 Å². The van der Waals surface area contributed by atoms with Gasteiger partial charge >= 0.3 is 5.97 Å². The molecule has 0 aliphatic rings. The number of hydrogen-bond acceptors (Lipinski definition) is 6. The summed E-state index contributed by atoms with van der Waals surface area (Å²) in [6.07, 6.45) is 2.57. The predicted molar refractivity (Wildman–Crippen MR) is 105 cm³/mol. The zero-order chi connectivity index (χ0) is 21.1. The highest BCUT2D eigenvalue weighted by Crippen LogP contribution is 2.22. The summed E-state index contributed by atoms with van der Waals surface area (Å²) < 4.78 is 16.0. The third-order valence-corrected chi connectivity index (χ3v) is 4.24. The Labute approximate surface area is 162 Å². The first-order chi connectivity index (χ1) is 13.8. The van der Waals surface area contributed by atoms with Crippen LogP contribution in [0.3, 0.4) is 0 Å². The lowest BCUT2D eigenvalue weighted by Gasteiger charge is -2.12. The monoisotopic (exact) mass is 398 g/mol. The minimum atomic E-state index is -1.38. The van der Waals surface area contributed by atoms with Gasteiger partial charge in [0.25, 0.3) is 5.69 Å². The molecule has 1 heterocycles. The molecule has 2 aromatic carbocycles. The number of carboxylic acid groups (broad SMARTS) is 1. The second-order valence-electron chi connectivity index (χ2n) is 6.03. The van der Waals surface area contributed by atoms with E-state index in [1.807, 2.05) is 0 Å². The number of aryl methyl sites for hydroxylation is 1. The summed E-state index contributed by atoms with van der Waals surface area (Å²) in [6, 6.07) is 7.95. The lowest BCUT2D eigenvalue weighted by atomic mass is 10.1. The smallest absolute Gasteiger partial charge is 0.341 e. The number of aromatic carboxylic acids is 1. The summed E-state index contributed by atoms with van der Waals surface area (Å²) in [7, 11) is 0. The fourth-order valence-corrected chi connectivity index (χ4v) is 2.77. The molecule has 3 rings (SSSR count). The number of halogens is 1. The Morgan fingerprint density at radius 1 is 1.34 bits per heavy atom. The Bertz CT molecular complexity index is 1200. The van der Waals surface area contributed by atoms with Gasteiger partial charge in [-0.05, 0) is 36.8 Å². The number of nitro groups is 1. The van der Waals surface area contributed by atoms with Gasteiger partial charge in [0.05, 0.1) is 22.3 Å². The van der Waals surface area contributed by atoms with Crippen molar-refractivity contribution >= 4 is 34.5 Å². The molecule has 0 aliphatic heterocycles. The summed E-state index contributed by atoms with van der Waals surface area (Å²) in [6.45, 7) is 2.13.